The quantitative estimate of drug-likeness (QED) is 0.322. The second-order valence-corrected chi connectivity index (χ2v) is 8.45. The summed E-state index contributed by atoms with van der Waals surface area (Å²) in [5.74, 6) is -0.240. The molecule has 1 aliphatic heterocycles. The van der Waals surface area contributed by atoms with Crippen LogP contribution in [0.3, 0.4) is 0 Å². The van der Waals surface area contributed by atoms with Crippen LogP contribution in [0.2, 0.25) is 0 Å². The largest absolute Gasteiger partial charge is 0.494 e. The number of hydrogen-bond donors (Lipinski definition) is 2. The maximum absolute atomic E-state index is 12.9. The number of hydrogen-bond acceptors (Lipinski definition) is 5. The van der Waals surface area contributed by atoms with Crippen molar-refractivity contribution in [3.05, 3.63) is 95.1 Å². The summed E-state index contributed by atoms with van der Waals surface area (Å²) in [6.07, 6.45) is 2.66. The van der Waals surface area contributed by atoms with Crippen molar-refractivity contribution in [1.82, 2.24) is 4.90 Å². The summed E-state index contributed by atoms with van der Waals surface area (Å²) in [7, 11) is 0. The number of imide groups is 1. The second-order valence-electron chi connectivity index (χ2n) is 8.45. The van der Waals surface area contributed by atoms with Gasteiger partial charge in [0.25, 0.3) is 11.8 Å². The van der Waals surface area contributed by atoms with E-state index in [4.69, 9.17) is 9.84 Å². The number of ether oxygens (including phenoxy) is 1. The van der Waals surface area contributed by atoms with Crippen LogP contribution < -0.4 is 10.1 Å². The Morgan fingerprint density at radius 3 is 2.40 bits per heavy atom. The summed E-state index contributed by atoms with van der Waals surface area (Å²) in [5, 5.41) is 11.7. The predicted octanol–water partition coefficient (Wildman–Crippen LogP) is 4.21. The van der Waals surface area contributed by atoms with Crippen LogP contribution in [-0.2, 0) is 17.8 Å². The van der Waals surface area contributed by atoms with E-state index in [1.54, 1.807) is 18.2 Å². The highest BCUT2D eigenvalue weighted by Gasteiger charge is 2.35. The summed E-state index contributed by atoms with van der Waals surface area (Å²) in [6, 6.07) is 21.5. The van der Waals surface area contributed by atoms with E-state index in [-0.39, 0.29) is 37.3 Å². The summed E-state index contributed by atoms with van der Waals surface area (Å²) >= 11 is 0. The first kappa shape index (κ1) is 24.2. The number of carbonyl (C=O) groups is 3. The fourth-order valence-electron chi connectivity index (χ4n) is 3.99. The minimum absolute atomic E-state index is 0.145. The fourth-order valence-corrected chi connectivity index (χ4v) is 3.99. The zero-order valence-corrected chi connectivity index (χ0v) is 19.4. The minimum Gasteiger partial charge on any atom is -0.494 e. The monoisotopic (exact) mass is 472 g/mol. The molecule has 1 heterocycles. The van der Waals surface area contributed by atoms with Gasteiger partial charge in [0.1, 0.15) is 5.75 Å². The van der Waals surface area contributed by atoms with E-state index in [1.165, 1.54) is 4.90 Å². The summed E-state index contributed by atoms with van der Waals surface area (Å²) in [4.78, 5) is 39.5. The summed E-state index contributed by atoms with van der Waals surface area (Å²) in [5.41, 5.74) is 2.77. The lowest BCUT2D eigenvalue weighted by Crippen LogP contribution is -2.29. The Morgan fingerprint density at radius 1 is 0.829 bits per heavy atom. The number of anilines is 1. The van der Waals surface area contributed by atoms with Crippen molar-refractivity contribution in [1.29, 1.82) is 0 Å². The van der Waals surface area contributed by atoms with Crippen molar-refractivity contribution in [2.45, 2.75) is 32.2 Å². The van der Waals surface area contributed by atoms with Gasteiger partial charge in [-0.05, 0) is 60.7 Å². The topological polar surface area (TPSA) is 95.9 Å². The number of carbonyl (C=O) groups excluding carboxylic acids is 3. The Kier molecular flexibility index (Phi) is 7.90. The molecule has 0 saturated heterocycles. The van der Waals surface area contributed by atoms with Gasteiger partial charge >= 0.3 is 0 Å². The maximum atomic E-state index is 12.9. The smallest absolute Gasteiger partial charge is 0.261 e. The number of unbranched alkanes of at least 4 members (excludes halogenated alkanes) is 2. The number of rotatable bonds is 11. The number of benzene rings is 3. The standard InChI is InChI=1S/C28H28N2O5/c31-14-5-2-6-15-35-23-11-7-10-21(16-23)17-26(32)29-22-12-13-24-25(18-22)28(34)30(27(24)33)19-20-8-3-1-4-9-20/h1,3-4,7-13,16,18,31H,2,5-6,14-15,17,19H2,(H,29,32). The van der Waals surface area contributed by atoms with Gasteiger partial charge in [-0.25, -0.2) is 0 Å². The van der Waals surface area contributed by atoms with Crippen molar-refractivity contribution in [3.63, 3.8) is 0 Å². The van der Waals surface area contributed by atoms with Crippen LogP contribution in [0.1, 0.15) is 51.1 Å². The van der Waals surface area contributed by atoms with Gasteiger partial charge in [0.15, 0.2) is 0 Å². The van der Waals surface area contributed by atoms with E-state index < -0.39 is 0 Å². The van der Waals surface area contributed by atoms with Crippen molar-refractivity contribution in [3.8, 4) is 5.75 Å². The van der Waals surface area contributed by atoms with Crippen LogP contribution in [0.4, 0.5) is 5.69 Å². The van der Waals surface area contributed by atoms with Gasteiger partial charge in [-0.1, -0.05) is 42.5 Å². The molecule has 35 heavy (non-hydrogen) atoms. The average Bonchev–Trinajstić information content (AvgIpc) is 3.09. The third kappa shape index (κ3) is 6.13. The normalized spacial score (nSPS) is 12.5. The van der Waals surface area contributed by atoms with E-state index in [2.05, 4.69) is 5.32 Å². The number of aliphatic hydroxyl groups excluding tert-OH is 1. The molecule has 0 aliphatic carbocycles. The Hall–Kier alpha value is -3.97. The first-order chi connectivity index (χ1) is 17.0. The lowest BCUT2D eigenvalue weighted by molar-refractivity contribution is -0.115. The molecule has 3 amide bonds. The van der Waals surface area contributed by atoms with Gasteiger partial charge in [-0.2, -0.15) is 0 Å². The van der Waals surface area contributed by atoms with Crippen LogP contribution in [-0.4, -0.2) is 40.9 Å². The number of aliphatic hydroxyl groups is 1. The number of nitrogens with one attached hydrogen (secondary N) is 1. The molecule has 0 radical (unpaired) electrons. The Morgan fingerprint density at radius 2 is 1.60 bits per heavy atom. The highest BCUT2D eigenvalue weighted by atomic mass is 16.5. The van der Waals surface area contributed by atoms with Gasteiger partial charge in [0.05, 0.1) is 30.7 Å². The molecule has 0 unspecified atom stereocenters. The van der Waals surface area contributed by atoms with Gasteiger partial charge < -0.3 is 15.2 Å². The zero-order valence-electron chi connectivity index (χ0n) is 19.4. The molecule has 0 aromatic heterocycles. The van der Waals surface area contributed by atoms with Crippen molar-refractivity contribution in [2.24, 2.45) is 0 Å². The summed E-state index contributed by atoms with van der Waals surface area (Å²) < 4.78 is 5.73. The van der Waals surface area contributed by atoms with Gasteiger partial charge in [0.2, 0.25) is 5.91 Å². The van der Waals surface area contributed by atoms with Crippen LogP contribution in [0, 0.1) is 0 Å². The summed E-state index contributed by atoms with van der Waals surface area (Å²) in [6.45, 7) is 0.943. The molecule has 4 rings (SSSR count). The van der Waals surface area contributed by atoms with Crippen LogP contribution >= 0.6 is 0 Å². The minimum atomic E-state index is -0.367. The molecule has 0 saturated carbocycles. The molecular weight excluding hydrogens is 444 g/mol. The van der Waals surface area contributed by atoms with Crippen LogP contribution in [0.25, 0.3) is 0 Å². The van der Waals surface area contributed by atoms with Crippen molar-refractivity contribution in [2.75, 3.05) is 18.5 Å². The molecule has 2 N–H and O–H groups in total. The highest BCUT2D eigenvalue weighted by molar-refractivity contribution is 6.21. The molecule has 0 fully saturated rings. The molecule has 0 bridgehead atoms. The second kappa shape index (κ2) is 11.4. The fraction of sp³-hybridized carbons (Fsp3) is 0.250. The molecule has 7 nitrogen and oxygen atoms in total. The highest BCUT2D eigenvalue weighted by Crippen LogP contribution is 2.27. The van der Waals surface area contributed by atoms with E-state index in [0.717, 1.165) is 30.4 Å². The molecule has 1 aliphatic rings. The molecule has 3 aromatic rings. The lowest BCUT2D eigenvalue weighted by atomic mass is 10.1. The maximum Gasteiger partial charge on any atom is 0.261 e. The van der Waals surface area contributed by atoms with E-state index in [0.29, 0.717) is 29.2 Å². The zero-order chi connectivity index (χ0) is 24.6. The van der Waals surface area contributed by atoms with E-state index in [9.17, 15) is 14.4 Å². The Labute approximate surface area is 204 Å². The van der Waals surface area contributed by atoms with Gasteiger partial charge in [0, 0.05) is 12.3 Å². The number of amides is 3. The number of nitrogens with zero attached hydrogens (tertiary/aromatic N) is 1. The van der Waals surface area contributed by atoms with Crippen molar-refractivity contribution >= 4 is 23.4 Å². The predicted molar refractivity (Wildman–Crippen MR) is 132 cm³/mol. The Balaban J connectivity index is 1.36. The van der Waals surface area contributed by atoms with E-state index >= 15 is 0 Å². The molecular formula is C28H28N2O5. The average molecular weight is 473 g/mol. The molecule has 0 atom stereocenters. The molecule has 3 aromatic carbocycles. The molecule has 180 valence electrons. The van der Waals surface area contributed by atoms with Crippen LogP contribution in [0.15, 0.2) is 72.8 Å². The SMILES string of the molecule is O=C(Cc1cccc(OCCCCCO)c1)Nc1ccc2c(c1)C(=O)N(Cc1ccccc1)C2=O. The van der Waals surface area contributed by atoms with Gasteiger partial charge in [-0.15, -0.1) is 0 Å². The third-order valence-corrected chi connectivity index (χ3v) is 5.77. The van der Waals surface area contributed by atoms with E-state index in [1.807, 2.05) is 54.6 Å². The first-order valence-corrected chi connectivity index (χ1v) is 11.7. The van der Waals surface area contributed by atoms with Crippen molar-refractivity contribution < 1.29 is 24.2 Å². The van der Waals surface area contributed by atoms with Gasteiger partial charge in [-0.3, -0.25) is 19.3 Å². The molecule has 0 spiro atoms. The Bertz CT molecular complexity index is 1210. The molecule has 7 heteroatoms. The lowest BCUT2D eigenvalue weighted by Gasteiger charge is -2.13. The van der Waals surface area contributed by atoms with Crippen LogP contribution in [0.5, 0.6) is 5.75 Å². The third-order valence-electron chi connectivity index (χ3n) is 5.77. The first-order valence-electron chi connectivity index (χ1n) is 11.7. The number of fused-ring (bicyclic) bond motifs is 1.